The molecular formula is C11H19ClN2O2S. The summed E-state index contributed by atoms with van der Waals surface area (Å²) in [5.41, 5.74) is 6.25. The Labute approximate surface area is 109 Å². The van der Waals surface area contributed by atoms with Crippen LogP contribution in [0.3, 0.4) is 0 Å². The van der Waals surface area contributed by atoms with Gasteiger partial charge in [0.25, 0.3) is 0 Å². The zero-order chi connectivity index (χ0) is 12.2. The molecule has 0 saturated carbocycles. The summed E-state index contributed by atoms with van der Waals surface area (Å²) >= 11 is 0. The highest BCUT2D eigenvalue weighted by atomic mass is 35.5. The van der Waals surface area contributed by atoms with Crippen LogP contribution >= 0.6 is 12.4 Å². The third kappa shape index (κ3) is 4.63. The van der Waals surface area contributed by atoms with Crippen LogP contribution in [0.15, 0.2) is 30.3 Å². The highest BCUT2D eigenvalue weighted by molar-refractivity contribution is 7.88. The van der Waals surface area contributed by atoms with E-state index in [0.717, 1.165) is 5.56 Å². The van der Waals surface area contributed by atoms with Gasteiger partial charge in [-0.2, -0.15) is 0 Å². The average molecular weight is 279 g/mol. The van der Waals surface area contributed by atoms with E-state index in [1.54, 1.807) is 26.1 Å². The fourth-order valence-electron chi connectivity index (χ4n) is 1.31. The summed E-state index contributed by atoms with van der Waals surface area (Å²) in [4.78, 5) is 0. The van der Waals surface area contributed by atoms with Crippen LogP contribution in [-0.2, 0) is 15.8 Å². The lowest BCUT2D eigenvalue weighted by Crippen LogP contribution is -2.40. The minimum absolute atomic E-state index is 0. The lowest BCUT2D eigenvalue weighted by Gasteiger charge is -2.22. The molecule has 1 aromatic carbocycles. The van der Waals surface area contributed by atoms with Gasteiger partial charge in [0.2, 0.25) is 10.0 Å². The van der Waals surface area contributed by atoms with Crippen LogP contribution in [0.4, 0.5) is 0 Å². The SMILES string of the molecule is CC(CN)N(C)S(=O)(=O)Cc1ccccc1.Cl. The third-order valence-electron chi connectivity index (χ3n) is 2.59. The van der Waals surface area contributed by atoms with Crippen molar-refractivity contribution >= 4 is 22.4 Å². The number of nitrogens with two attached hydrogens (primary N) is 1. The van der Waals surface area contributed by atoms with Gasteiger partial charge in [0.1, 0.15) is 0 Å². The van der Waals surface area contributed by atoms with Crippen LogP contribution in [0.25, 0.3) is 0 Å². The monoisotopic (exact) mass is 278 g/mol. The van der Waals surface area contributed by atoms with Gasteiger partial charge in [0.05, 0.1) is 5.75 Å². The molecule has 0 aliphatic rings. The molecule has 1 rings (SSSR count). The quantitative estimate of drug-likeness (QED) is 0.881. The minimum Gasteiger partial charge on any atom is -0.329 e. The first kappa shape index (κ1) is 16.4. The molecule has 0 amide bonds. The number of hydrogen-bond donors (Lipinski definition) is 1. The number of benzene rings is 1. The molecule has 0 aromatic heterocycles. The predicted molar refractivity (Wildman–Crippen MR) is 72.6 cm³/mol. The van der Waals surface area contributed by atoms with E-state index in [-0.39, 0.29) is 24.2 Å². The Balaban J connectivity index is 0.00000256. The van der Waals surface area contributed by atoms with Crippen LogP contribution in [0.1, 0.15) is 12.5 Å². The van der Waals surface area contributed by atoms with E-state index in [4.69, 9.17) is 5.73 Å². The van der Waals surface area contributed by atoms with Gasteiger partial charge in [-0.05, 0) is 12.5 Å². The predicted octanol–water partition coefficient (Wildman–Crippen LogP) is 1.22. The second-order valence-electron chi connectivity index (χ2n) is 3.84. The molecule has 0 radical (unpaired) electrons. The number of sulfonamides is 1. The van der Waals surface area contributed by atoms with Crippen molar-refractivity contribution < 1.29 is 8.42 Å². The Morgan fingerprint density at radius 2 is 1.82 bits per heavy atom. The number of nitrogens with zero attached hydrogens (tertiary/aromatic N) is 1. The maximum absolute atomic E-state index is 12.0. The number of hydrogen-bond acceptors (Lipinski definition) is 3. The lowest BCUT2D eigenvalue weighted by molar-refractivity contribution is 0.394. The largest absolute Gasteiger partial charge is 0.329 e. The highest BCUT2D eigenvalue weighted by Crippen LogP contribution is 2.11. The smallest absolute Gasteiger partial charge is 0.218 e. The molecule has 1 unspecified atom stereocenters. The fraction of sp³-hybridized carbons (Fsp3) is 0.455. The van der Waals surface area contributed by atoms with E-state index in [9.17, 15) is 8.42 Å². The molecule has 4 nitrogen and oxygen atoms in total. The van der Waals surface area contributed by atoms with Crippen LogP contribution in [0.5, 0.6) is 0 Å². The Morgan fingerprint density at radius 3 is 2.29 bits per heavy atom. The Kier molecular flexibility index (Phi) is 6.70. The van der Waals surface area contributed by atoms with Crippen molar-refractivity contribution in [3.05, 3.63) is 35.9 Å². The number of likely N-dealkylation sites (N-methyl/N-ethyl adjacent to an activating group) is 1. The van der Waals surface area contributed by atoms with Crippen molar-refractivity contribution in [2.24, 2.45) is 5.73 Å². The second-order valence-corrected chi connectivity index (χ2v) is 5.87. The molecule has 2 N–H and O–H groups in total. The molecule has 0 bridgehead atoms. The molecule has 1 atom stereocenters. The molecule has 0 aliphatic carbocycles. The molecule has 0 spiro atoms. The van der Waals surface area contributed by atoms with Gasteiger partial charge in [0.15, 0.2) is 0 Å². The van der Waals surface area contributed by atoms with E-state index < -0.39 is 10.0 Å². The van der Waals surface area contributed by atoms with Crippen molar-refractivity contribution in [2.75, 3.05) is 13.6 Å². The van der Waals surface area contributed by atoms with Crippen molar-refractivity contribution in [3.8, 4) is 0 Å². The zero-order valence-electron chi connectivity index (χ0n) is 10.0. The number of halogens is 1. The standard InChI is InChI=1S/C11H18N2O2S.ClH/c1-10(8-12)13(2)16(14,15)9-11-6-4-3-5-7-11;/h3-7,10H,8-9,12H2,1-2H3;1H. The second kappa shape index (κ2) is 6.96. The van der Waals surface area contributed by atoms with Crippen LogP contribution in [-0.4, -0.2) is 32.4 Å². The highest BCUT2D eigenvalue weighted by Gasteiger charge is 2.22. The third-order valence-corrected chi connectivity index (χ3v) is 4.53. The van der Waals surface area contributed by atoms with Gasteiger partial charge in [-0.1, -0.05) is 30.3 Å². The molecular weight excluding hydrogens is 260 g/mol. The topological polar surface area (TPSA) is 63.4 Å². The van der Waals surface area contributed by atoms with E-state index in [0.29, 0.717) is 6.54 Å². The fourth-order valence-corrected chi connectivity index (χ4v) is 2.76. The summed E-state index contributed by atoms with van der Waals surface area (Å²) in [6.07, 6.45) is 0. The average Bonchev–Trinajstić information content (AvgIpc) is 2.27. The van der Waals surface area contributed by atoms with E-state index in [1.165, 1.54) is 4.31 Å². The van der Waals surface area contributed by atoms with Gasteiger partial charge in [-0.3, -0.25) is 0 Å². The van der Waals surface area contributed by atoms with Crippen LogP contribution in [0.2, 0.25) is 0 Å². The van der Waals surface area contributed by atoms with Gasteiger partial charge in [0, 0.05) is 19.6 Å². The minimum atomic E-state index is -3.27. The van der Waals surface area contributed by atoms with Gasteiger partial charge in [-0.25, -0.2) is 12.7 Å². The van der Waals surface area contributed by atoms with Crippen LogP contribution < -0.4 is 5.73 Å². The Morgan fingerprint density at radius 1 is 1.29 bits per heavy atom. The van der Waals surface area contributed by atoms with E-state index in [1.807, 2.05) is 18.2 Å². The van der Waals surface area contributed by atoms with Crippen molar-refractivity contribution in [1.82, 2.24) is 4.31 Å². The molecule has 0 saturated heterocycles. The molecule has 6 heteroatoms. The maximum Gasteiger partial charge on any atom is 0.218 e. The van der Waals surface area contributed by atoms with Crippen LogP contribution in [0, 0.1) is 0 Å². The Hall–Kier alpha value is -0.620. The molecule has 98 valence electrons. The molecule has 1 aromatic rings. The number of rotatable bonds is 5. The van der Waals surface area contributed by atoms with E-state index >= 15 is 0 Å². The molecule has 0 heterocycles. The summed E-state index contributed by atoms with van der Waals surface area (Å²) < 4.78 is 25.3. The van der Waals surface area contributed by atoms with Crippen molar-refractivity contribution in [1.29, 1.82) is 0 Å². The van der Waals surface area contributed by atoms with E-state index in [2.05, 4.69) is 0 Å². The maximum atomic E-state index is 12.0. The first-order valence-corrected chi connectivity index (χ1v) is 6.78. The van der Waals surface area contributed by atoms with Crippen molar-refractivity contribution in [2.45, 2.75) is 18.7 Å². The summed E-state index contributed by atoms with van der Waals surface area (Å²) in [5.74, 6) is 0.0225. The summed E-state index contributed by atoms with van der Waals surface area (Å²) in [5, 5.41) is 0. The van der Waals surface area contributed by atoms with Gasteiger partial charge in [-0.15, -0.1) is 12.4 Å². The summed E-state index contributed by atoms with van der Waals surface area (Å²) in [6.45, 7) is 2.12. The summed E-state index contributed by atoms with van der Waals surface area (Å²) in [6, 6.07) is 8.96. The van der Waals surface area contributed by atoms with Crippen molar-refractivity contribution in [3.63, 3.8) is 0 Å². The Bertz CT molecular complexity index is 422. The van der Waals surface area contributed by atoms with Gasteiger partial charge < -0.3 is 5.73 Å². The molecule has 0 aliphatic heterocycles. The normalized spacial score (nSPS) is 13.2. The zero-order valence-corrected chi connectivity index (χ0v) is 11.7. The molecule has 17 heavy (non-hydrogen) atoms. The van der Waals surface area contributed by atoms with Gasteiger partial charge >= 0.3 is 0 Å². The lowest BCUT2D eigenvalue weighted by atomic mass is 10.2. The molecule has 0 fully saturated rings. The first-order valence-electron chi connectivity index (χ1n) is 5.17. The summed E-state index contributed by atoms with van der Waals surface area (Å²) in [7, 11) is -1.71. The first-order chi connectivity index (χ1) is 7.47.